The minimum absolute atomic E-state index is 0.155. The predicted octanol–water partition coefficient (Wildman–Crippen LogP) is 2.71. The Morgan fingerprint density at radius 3 is 2.28 bits per heavy atom. The highest BCUT2D eigenvalue weighted by Crippen LogP contribution is 2.15. The van der Waals surface area contributed by atoms with Gasteiger partial charge < -0.3 is 16.0 Å². The summed E-state index contributed by atoms with van der Waals surface area (Å²) in [5.41, 5.74) is 2.68. The Morgan fingerprint density at radius 1 is 0.920 bits per heavy atom. The van der Waals surface area contributed by atoms with Crippen LogP contribution in [0.15, 0.2) is 48.5 Å². The summed E-state index contributed by atoms with van der Waals surface area (Å²) in [7, 11) is 0. The third kappa shape index (κ3) is 5.76. The molecular weight excluding hydrogens is 318 g/mol. The maximum Gasteiger partial charge on any atom is 0.251 e. The van der Waals surface area contributed by atoms with Crippen molar-refractivity contribution >= 4 is 29.1 Å². The fourth-order valence-electron chi connectivity index (χ4n) is 2.31. The number of benzene rings is 2. The molecule has 0 atom stereocenters. The molecule has 0 aromatic heterocycles. The van der Waals surface area contributed by atoms with Crippen LogP contribution in [-0.2, 0) is 9.59 Å². The Kier molecular flexibility index (Phi) is 6.28. The van der Waals surface area contributed by atoms with E-state index in [0.717, 1.165) is 5.56 Å². The number of aryl methyl sites for hydroxylation is 1. The normalized spacial score (nSPS) is 10.0. The van der Waals surface area contributed by atoms with Gasteiger partial charge in [0.15, 0.2) is 0 Å². The molecule has 2 rings (SSSR count). The van der Waals surface area contributed by atoms with E-state index in [1.165, 1.54) is 6.92 Å². The molecule has 3 N–H and O–H groups in total. The highest BCUT2D eigenvalue weighted by molar-refractivity contribution is 5.96. The lowest BCUT2D eigenvalue weighted by molar-refractivity contribution is -0.116. The number of amides is 3. The number of carbonyl (C=O) groups excluding carboxylic acids is 3. The first-order chi connectivity index (χ1) is 12.0. The van der Waals surface area contributed by atoms with Gasteiger partial charge in [0, 0.05) is 36.8 Å². The van der Waals surface area contributed by atoms with E-state index < -0.39 is 0 Å². The topological polar surface area (TPSA) is 87.3 Å². The van der Waals surface area contributed by atoms with Crippen LogP contribution in [0.5, 0.6) is 0 Å². The van der Waals surface area contributed by atoms with Crippen molar-refractivity contribution in [1.82, 2.24) is 5.32 Å². The molecule has 25 heavy (non-hydrogen) atoms. The van der Waals surface area contributed by atoms with Crippen LogP contribution in [0.4, 0.5) is 11.4 Å². The Balaban J connectivity index is 1.82. The van der Waals surface area contributed by atoms with Crippen LogP contribution < -0.4 is 16.0 Å². The molecule has 0 heterocycles. The van der Waals surface area contributed by atoms with Gasteiger partial charge in [0.2, 0.25) is 11.8 Å². The maximum atomic E-state index is 12.1. The lowest BCUT2D eigenvalue weighted by atomic mass is 10.1. The van der Waals surface area contributed by atoms with Gasteiger partial charge in [0.25, 0.3) is 5.91 Å². The number of nitrogens with one attached hydrogen (secondary N) is 3. The van der Waals surface area contributed by atoms with E-state index >= 15 is 0 Å². The standard InChI is InChI=1S/C19H21N3O3/c1-13-6-3-4-9-17(13)19(25)20-11-10-18(24)22-16-8-5-7-15(12-16)21-14(2)23/h3-9,12H,10-11H2,1-2H3,(H,20,25)(H,21,23)(H,22,24). The van der Waals surface area contributed by atoms with E-state index in [2.05, 4.69) is 16.0 Å². The molecule has 6 heteroatoms. The Labute approximate surface area is 146 Å². The minimum Gasteiger partial charge on any atom is -0.352 e. The summed E-state index contributed by atoms with van der Waals surface area (Å²) >= 11 is 0. The maximum absolute atomic E-state index is 12.1. The second-order valence-corrected chi connectivity index (χ2v) is 5.63. The number of rotatable bonds is 6. The average molecular weight is 339 g/mol. The zero-order valence-electron chi connectivity index (χ0n) is 14.3. The molecule has 0 bridgehead atoms. The first-order valence-corrected chi connectivity index (χ1v) is 7.97. The Bertz CT molecular complexity index is 787. The first kappa shape index (κ1) is 18.2. The van der Waals surface area contributed by atoms with Crippen LogP contribution in [0.3, 0.4) is 0 Å². The van der Waals surface area contributed by atoms with Crippen molar-refractivity contribution in [3.63, 3.8) is 0 Å². The zero-order chi connectivity index (χ0) is 18.2. The molecule has 3 amide bonds. The summed E-state index contributed by atoms with van der Waals surface area (Å²) in [6, 6.07) is 14.2. The van der Waals surface area contributed by atoms with E-state index in [0.29, 0.717) is 16.9 Å². The van der Waals surface area contributed by atoms with Crippen LogP contribution >= 0.6 is 0 Å². The van der Waals surface area contributed by atoms with Crippen molar-refractivity contribution in [1.29, 1.82) is 0 Å². The Morgan fingerprint density at radius 2 is 1.60 bits per heavy atom. The summed E-state index contributed by atoms with van der Waals surface area (Å²) in [5.74, 6) is -0.592. The van der Waals surface area contributed by atoms with Gasteiger partial charge in [0.05, 0.1) is 0 Å². The van der Waals surface area contributed by atoms with Crippen molar-refractivity contribution < 1.29 is 14.4 Å². The summed E-state index contributed by atoms with van der Waals surface area (Å²) in [6.45, 7) is 3.52. The second kappa shape index (κ2) is 8.63. The van der Waals surface area contributed by atoms with Crippen LogP contribution in [0, 0.1) is 6.92 Å². The number of carbonyl (C=O) groups is 3. The zero-order valence-corrected chi connectivity index (χ0v) is 14.3. The van der Waals surface area contributed by atoms with E-state index in [-0.39, 0.29) is 30.7 Å². The van der Waals surface area contributed by atoms with Gasteiger partial charge in [-0.25, -0.2) is 0 Å². The first-order valence-electron chi connectivity index (χ1n) is 7.97. The number of hydrogen-bond donors (Lipinski definition) is 3. The molecule has 0 aliphatic rings. The van der Waals surface area contributed by atoms with Crippen molar-refractivity contribution in [2.45, 2.75) is 20.3 Å². The SMILES string of the molecule is CC(=O)Nc1cccc(NC(=O)CCNC(=O)c2ccccc2C)c1. The number of anilines is 2. The van der Waals surface area contributed by atoms with E-state index in [1.807, 2.05) is 19.1 Å². The largest absolute Gasteiger partial charge is 0.352 e. The van der Waals surface area contributed by atoms with Crippen LogP contribution in [-0.4, -0.2) is 24.3 Å². The minimum atomic E-state index is -0.218. The van der Waals surface area contributed by atoms with E-state index in [9.17, 15) is 14.4 Å². The lowest BCUT2D eigenvalue weighted by Gasteiger charge is -2.09. The number of hydrogen-bond acceptors (Lipinski definition) is 3. The average Bonchev–Trinajstić information content (AvgIpc) is 2.54. The molecule has 0 saturated heterocycles. The van der Waals surface area contributed by atoms with Gasteiger partial charge >= 0.3 is 0 Å². The molecule has 0 aliphatic heterocycles. The van der Waals surface area contributed by atoms with Gasteiger partial charge in [-0.2, -0.15) is 0 Å². The fourth-order valence-corrected chi connectivity index (χ4v) is 2.31. The summed E-state index contributed by atoms with van der Waals surface area (Å²) in [5, 5.41) is 8.13. The molecular formula is C19H21N3O3. The van der Waals surface area contributed by atoms with Crippen molar-refractivity contribution in [3.05, 3.63) is 59.7 Å². The highest BCUT2D eigenvalue weighted by Gasteiger charge is 2.09. The molecule has 0 fully saturated rings. The molecule has 0 aliphatic carbocycles. The molecule has 0 radical (unpaired) electrons. The molecule has 0 unspecified atom stereocenters. The van der Waals surface area contributed by atoms with Crippen molar-refractivity contribution in [2.24, 2.45) is 0 Å². The molecule has 6 nitrogen and oxygen atoms in total. The third-order valence-electron chi connectivity index (χ3n) is 3.49. The fraction of sp³-hybridized carbons (Fsp3) is 0.211. The van der Waals surface area contributed by atoms with Crippen LogP contribution in [0.2, 0.25) is 0 Å². The van der Waals surface area contributed by atoms with E-state index in [1.54, 1.807) is 36.4 Å². The van der Waals surface area contributed by atoms with Gasteiger partial charge in [-0.3, -0.25) is 14.4 Å². The molecule has 130 valence electrons. The second-order valence-electron chi connectivity index (χ2n) is 5.63. The summed E-state index contributed by atoms with van der Waals surface area (Å²) in [6.07, 6.45) is 0.155. The quantitative estimate of drug-likeness (QED) is 0.756. The molecule has 2 aromatic rings. The monoisotopic (exact) mass is 339 g/mol. The van der Waals surface area contributed by atoms with Gasteiger partial charge in [-0.05, 0) is 36.8 Å². The molecule has 0 saturated carbocycles. The van der Waals surface area contributed by atoms with Crippen molar-refractivity contribution in [2.75, 3.05) is 17.2 Å². The summed E-state index contributed by atoms with van der Waals surface area (Å²) in [4.78, 5) is 35.1. The summed E-state index contributed by atoms with van der Waals surface area (Å²) < 4.78 is 0. The smallest absolute Gasteiger partial charge is 0.251 e. The van der Waals surface area contributed by atoms with Crippen LogP contribution in [0.25, 0.3) is 0 Å². The molecule has 2 aromatic carbocycles. The molecule has 0 spiro atoms. The third-order valence-corrected chi connectivity index (χ3v) is 3.49. The van der Waals surface area contributed by atoms with Gasteiger partial charge in [-0.15, -0.1) is 0 Å². The van der Waals surface area contributed by atoms with E-state index in [4.69, 9.17) is 0 Å². The van der Waals surface area contributed by atoms with Gasteiger partial charge in [-0.1, -0.05) is 24.3 Å². The Hall–Kier alpha value is -3.15. The predicted molar refractivity (Wildman–Crippen MR) is 97.5 cm³/mol. The van der Waals surface area contributed by atoms with Crippen LogP contribution in [0.1, 0.15) is 29.3 Å². The highest BCUT2D eigenvalue weighted by atomic mass is 16.2. The lowest BCUT2D eigenvalue weighted by Crippen LogP contribution is -2.28. The van der Waals surface area contributed by atoms with Gasteiger partial charge in [0.1, 0.15) is 0 Å². The van der Waals surface area contributed by atoms with Crippen molar-refractivity contribution in [3.8, 4) is 0 Å².